The molecule has 0 aliphatic rings. The molecule has 1 atom stereocenters. The zero-order valence-corrected chi connectivity index (χ0v) is 12.1. The Morgan fingerprint density at radius 1 is 1.52 bits per heavy atom. The minimum absolute atomic E-state index is 0.00361. The van der Waals surface area contributed by atoms with Gasteiger partial charge in [-0.15, -0.1) is 0 Å². The zero-order chi connectivity index (χ0) is 16.2. The molecule has 0 bridgehead atoms. The van der Waals surface area contributed by atoms with Crippen molar-refractivity contribution in [3.63, 3.8) is 0 Å². The van der Waals surface area contributed by atoms with E-state index in [4.69, 9.17) is 5.73 Å². The Bertz CT molecular complexity index is 499. The van der Waals surface area contributed by atoms with Crippen molar-refractivity contribution in [2.24, 2.45) is 0 Å². The van der Waals surface area contributed by atoms with E-state index in [-0.39, 0.29) is 23.2 Å². The van der Waals surface area contributed by atoms with Gasteiger partial charge in [-0.2, -0.15) is 18.3 Å². The number of ether oxygens (including phenoxy) is 1. The van der Waals surface area contributed by atoms with Gasteiger partial charge in [-0.25, -0.2) is 9.48 Å². The van der Waals surface area contributed by atoms with Gasteiger partial charge in [0.25, 0.3) is 0 Å². The summed E-state index contributed by atoms with van der Waals surface area (Å²) in [6, 6.07) is -0.0911. The molecule has 0 saturated carbocycles. The molecule has 0 aliphatic heterocycles. The fourth-order valence-electron chi connectivity index (χ4n) is 1.71. The SMILES string of the molecule is CCC(C)n1nc(NCCC(F)(F)F)c(C(=O)OC)c1N. The van der Waals surface area contributed by atoms with E-state index in [2.05, 4.69) is 15.2 Å². The maximum Gasteiger partial charge on any atom is 0.390 e. The number of nitrogen functional groups attached to an aromatic ring is 1. The molecule has 1 aromatic rings. The Hall–Kier alpha value is -1.93. The molecule has 0 radical (unpaired) electrons. The third-order valence-electron chi connectivity index (χ3n) is 3.05. The second-order valence-electron chi connectivity index (χ2n) is 4.59. The Morgan fingerprint density at radius 2 is 2.14 bits per heavy atom. The Kier molecular flexibility index (Phi) is 5.45. The molecule has 0 aromatic carbocycles. The first-order chi connectivity index (χ1) is 9.71. The summed E-state index contributed by atoms with van der Waals surface area (Å²) in [5.41, 5.74) is 5.81. The summed E-state index contributed by atoms with van der Waals surface area (Å²) in [7, 11) is 1.17. The van der Waals surface area contributed by atoms with Crippen LogP contribution in [0.5, 0.6) is 0 Å². The second kappa shape index (κ2) is 6.68. The van der Waals surface area contributed by atoms with Crippen LogP contribution < -0.4 is 11.1 Å². The van der Waals surface area contributed by atoms with Gasteiger partial charge in [-0.3, -0.25) is 0 Å². The molecular formula is C12H19F3N4O2. The van der Waals surface area contributed by atoms with Crippen LogP contribution in [-0.2, 0) is 4.74 Å². The van der Waals surface area contributed by atoms with Crippen molar-refractivity contribution in [3.05, 3.63) is 5.56 Å². The summed E-state index contributed by atoms with van der Waals surface area (Å²) >= 11 is 0. The Balaban J connectivity index is 3.03. The summed E-state index contributed by atoms with van der Waals surface area (Å²) in [5, 5.41) is 6.57. The highest BCUT2D eigenvalue weighted by Crippen LogP contribution is 2.27. The maximum absolute atomic E-state index is 12.2. The van der Waals surface area contributed by atoms with Crippen LogP contribution >= 0.6 is 0 Å². The van der Waals surface area contributed by atoms with Crippen molar-refractivity contribution >= 4 is 17.6 Å². The van der Waals surface area contributed by atoms with Crippen molar-refractivity contribution in [3.8, 4) is 0 Å². The van der Waals surface area contributed by atoms with Crippen molar-refractivity contribution in [1.82, 2.24) is 9.78 Å². The number of carbonyl (C=O) groups excluding carboxylic acids is 1. The van der Waals surface area contributed by atoms with E-state index in [1.165, 1.54) is 11.8 Å². The smallest absolute Gasteiger partial charge is 0.390 e. The zero-order valence-electron chi connectivity index (χ0n) is 12.1. The number of methoxy groups -OCH3 is 1. The van der Waals surface area contributed by atoms with Gasteiger partial charge in [0.2, 0.25) is 0 Å². The average molecular weight is 308 g/mol. The van der Waals surface area contributed by atoms with Crippen molar-refractivity contribution < 1.29 is 22.7 Å². The van der Waals surface area contributed by atoms with Gasteiger partial charge in [0, 0.05) is 6.54 Å². The van der Waals surface area contributed by atoms with E-state index >= 15 is 0 Å². The molecule has 0 saturated heterocycles. The summed E-state index contributed by atoms with van der Waals surface area (Å²) in [6.45, 7) is 3.34. The number of rotatable bonds is 6. The first kappa shape index (κ1) is 17.1. The van der Waals surface area contributed by atoms with E-state index in [0.717, 1.165) is 0 Å². The van der Waals surface area contributed by atoms with Crippen LogP contribution in [0.1, 0.15) is 43.1 Å². The summed E-state index contributed by atoms with van der Waals surface area (Å²) in [4.78, 5) is 11.7. The minimum atomic E-state index is -4.29. The number of alkyl halides is 3. The van der Waals surface area contributed by atoms with Crippen LogP contribution in [0.15, 0.2) is 0 Å². The van der Waals surface area contributed by atoms with Gasteiger partial charge in [-0.05, 0) is 13.3 Å². The highest BCUT2D eigenvalue weighted by atomic mass is 19.4. The van der Waals surface area contributed by atoms with Gasteiger partial charge >= 0.3 is 12.1 Å². The molecule has 0 fully saturated rings. The third-order valence-corrected chi connectivity index (χ3v) is 3.05. The van der Waals surface area contributed by atoms with Crippen molar-refractivity contribution in [2.75, 3.05) is 24.7 Å². The Morgan fingerprint density at radius 3 is 2.62 bits per heavy atom. The van der Waals surface area contributed by atoms with E-state index in [1.807, 2.05) is 13.8 Å². The highest BCUT2D eigenvalue weighted by Gasteiger charge is 2.28. The molecule has 1 rings (SSSR count). The molecule has 0 spiro atoms. The molecule has 120 valence electrons. The van der Waals surface area contributed by atoms with Crippen LogP contribution in [0, 0.1) is 0 Å². The predicted molar refractivity (Wildman–Crippen MR) is 72.1 cm³/mol. The first-order valence-electron chi connectivity index (χ1n) is 6.48. The number of hydrogen-bond acceptors (Lipinski definition) is 5. The molecule has 1 heterocycles. The van der Waals surface area contributed by atoms with E-state index in [9.17, 15) is 18.0 Å². The predicted octanol–water partition coefficient (Wildman–Crippen LogP) is 2.59. The number of esters is 1. The minimum Gasteiger partial charge on any atom is -0.465 e. The molecule has 9 heteroatoms. The first-order valence-corrected chi connectivity index (χ1v) is 6.48. The molecule has 1 unspecified atom stereocenters. The van der Waals surface area contributed by atoms with Crippen LogP contribution in [0.2, 0.25) is 0 Å². The third kappa shape index (κ3) is 4.27. The van der Waals surface area contributed by atoms with Crippen molar-refractivity contribution in [2.45, 2.75) is 38.9 Å². The lowest BCUT2D eigenvalue weighted by molar-refractivity contribution is -0.131. The van der Waals surface area contributed by atoms with Gasteiger partial charge in [0.15, 0.2) is 5.82 Å². The van der Waals surface area contributed by atoms with Crippen LogP contribution in [0.25, 0.3) is 0 Å². The average Bonchev–Trinajstić information content (AvgIpc) is 2.72. The van der Waals surface area contributed by atoms with E-state index in [0.29, 0.717) is 6.42 Å². The topological polar surface area (TPSA) is 82.2 Å². The molecule has 21 heavy (non-hydrogen) atoms. The highest BCUT2D eigenvalue weighted by molar-refractivity contribution is 5.99. The number of nitrogens with one attached hydrogen (secondary N) is 1. The largest absolute Gasteiger partial charge is 0.465 e. The quantitative estimate of drug-likeness (QED) is 0.789. The maximum atomic E-state index is 12.2. The number of nitrogens with zero attached hydrogens (tertiary/aromatic N) is 2. The fourth-order valence-corrected chi connectivity index (χ4v) is 1.71. The number of nitrogens with two attached hydrogens (primary N) is 1. The number of aromatic nitrogens is 2. The fraction of sp³-hybridized carbons (Fsp3) is 0.667. The lowest BCUT2D eigenvalue weighted by atomic mass is 10.2. The standard InChI is InChI=1S/C12H19F3N4O2/c1-4-7(2)19-9(16)8(11(20)21-3)10(18-19)17-6-5-12(13,14)15/h7H,4-6,16H2,1-3H3,(H,17,18). The number of halogens is 3. The lowest BCUT2D eigenvalue weighted by Crippen LogP contribution is -2.16. The van der Waals surface area contributed by atoms with E-state index < -0.39 is 25.1 Å². The van der Waals surface area contributed by atoms with Gasteiger partial charge in [-0.1, -0.05) is 6.92 Å². The number of hydrogen-bond donors (Lipinski definition) is 2. The van der Waals surface area contributed by atoms with Crippen LogP contribution in [0.3, 0.4) is 0 Å². The number of anilines is 2. The lowest BCUT2D eigenvalue weighted by Gasteiger charge is -2.10. The monoisotopic (exact) mass is 308 g/mol. The van der Waals surface area contributed by atoms with Gasteiger partial charge < -0.3 is 15.8 Å². The summed E-state index contributed by atoms with van der Waals surface area (Å²) in [5.74, 6) is -0.661. The van der Waals surface area contributed by atoms with E-state index in [1.54, 1.807) is 0 Å². The van der Waals surface area contributed by atoms with Crippen molar-refractivity contribution in [1.29, 1.82) is 0 Å². The second-order valence-corrected chi connectivity index (χ2v) is 4.59. The van der Waals surface area contributed by atoms with Gasteiger partial charge in [0.05, 0.1) is 19.6 Å². The summed E-state index contributed by atoms with van der Waals surface area (Å²) in [6.07, 6.45) is -4.62. The Labute approximate surface area is 120 Å². The van der Waals surface area contributed by atoms with Crippen LogP contribution in [0.4, 0.5) is 24.8 Å². The molecule has 0 amide bonds. The number of carbonyl (C=O) groups is 1. The molecule has 3 N–H and O–H groups in total. The molecule has 1 aromatic heterocycles. The van der Waals surface area contributed by atoms with Gasteiger partial charge in [0.1, 0.15) is 11.4 Å². The molecular weight excluding hydrogens is 289 g/mol. The molecule has 6 nitrogen and oxygen atoms in total. The normalized spacial score (nSPS) is 13.0. The van der Waals surface area contributed by atoms with Crippen LogP contribution in [-0.4, -0.2) is 35.6 Å². The molecule has 0 aliphatic carbocycles. The summed E-state index contributed by atoms with van der Waals surface area (Å²) < 4.78 is 42.5.